The van der Waals surface area contributed by atoms with Crippen molar-refractivity contribution in [3.05, 3.63) is 17.5 Å². The van der Waals surface area contributed by atoms with Gasteiger partial charge in [-0.1, -0.05) is 6.92 Å². The summed E-state index contributed by atoms with van der Waals surface area (Å²) in [6.45, 7) is 10.9. The fraction of sp³-hybridized carbons (Fsp3) is 0.706. The minimum absolute atomic E-state index is 0.0251. The number of nitrogens with one attached hydrogen (secondary N) is 1. The monoisotopic (exact) mass is 335 g/mol. The van der Waals surface area contributed by atoms with Crippen molar-refractivity contribution in [2.45, 2.75) is 33.6 Å². The average Bonchev–Trinajstić information content (AvgIpc) is 2.95. The van der Waals surface area contributed by atoms with E-state index in [1.165, 1.54) is 0 Å². The number of hydrogen-bond donors (Lipinski definition) is 1. The molecular formula is C17H29N5O2. The smallest absolute Gasteiger partial charge is 0.274 e. The van der Waals surface area contributed by atoms with Crippen LogP contribution < -0.4 is 0 Å². The first-order chi connectivity index (χ1) is 11.6. The number of rotatable bonds is 6. The predicted octanol–water partition coefficient (Wildman–Crippen LogP) is 0.988. The molecule has 0 radical (unpaired) electrons. The molecule has 0 unspecified atom stereocenters. The molecule has 2 heterocycles. The second kappa shape index (κ2) is 8.82. The Kier molecular flexibility index (Phi) is 6.78. The molecule has 0 bridgehead atoms. The van der Waals surface area contributed by atoms with Crippen LogP contribution in [0.2, 0.25) is 0 Å². The van der Waals surface area contributed by atoms with Crippen LogP contribution in [0.1, 0.15) is 43.4 Å². The van der Waals surface area contributed by atoms with Crippen LogP contribution in [0.5, 0.6) is 0 Å². The molecule has 0 aromatic carbocycles. The Hall–Kier alpha value is -1.89. The Morgan fingerprint density at radius 3 is 2.54 bits per heavy atom. The highest BCUT2D eigenvalue weighted by molar-refractivity contribution is 5.92. The molecule has 0 aliphatic carbocycles. The number of nitrogens with zero attached hydrogens (tertiary/aromatic N) is 4. The molecule has 0 saturated carbocycles. The summed E-state index contributed by atoms with van der Waals surface area (Å²) in [4.78, 5) is 30.7. The Balaban J connectivity index is 1.90. The number of carbonyl (C=O) groups excluding carboxylic acids is 2. The molecule has 1 aliphatic rings. The third kappa shape index (κ3) is 4.56. The summed E-state index contributed by atoms with van der Waals surface area (Å²) in [7, 11) is 0. The third-order valence-corrected chi connectivity index (χ3v) is 4.58. The van der Waals surface area contributed by atoms with Crippen molar-refractivity contribution < 1.29 is 9.59 Å². The van der Waals surface area contributed by atoms with Gasteiger partial charge in [0.1, 0.15) is 5.69 Å². The van der Waals surface area contributed by atoms with Crippen LogP contribution in [0.4, 0.5) is 0 Å². The number of H-pyrrole nitrogens is 1. The maximum Gasteiger partial charge on any atom is 0.274 e. The van der Waals surface area contributed by atoms with Gasteiger partial charge in [-0.25, -0.2) is 0 Å². The van der Waals surface area contributed by atoms with Crippen LogP contribution in [0.25, 0.3) is 0 Å². The van der Waals surface area contributed by atoms with Crippen molar-refractivity contribution in [2.24, 2.45) is 0 Å². The number of aryl methyl sites for hydroxylation is 1. The highest BCUT2D eigenvalue weighted by Crippen LogP contribution is 2.09. The van der Waals surface area contributed by atoms with Gasteiger partial charge in [-0.05, 0) is 32.8 Å². The fourth-order valence-electron chi connectivity index (χ4n) is 3.01. The largest absolute Gasteiger partial charge is 0.342 e. The number of aromatic amines is 1. The normalized spacial score (nSPS) is 16.0. The van der Waals surface area contributed by atoms with E-state index in [9.17, 15) is 9.59 Å². The number of hydrogen-bond acceptors (Lipinski definition) is 4. The van der Waals surface area contributed by atoms with Crippen LogP contribution in [-0.4, -0.2) is 82.5 Å². The van der Waals surface area contributed by atoms with Gasteiger partial charge in [0.05, 0.1) is 6.54 Å². The number of carbonyl (C=O) groups is 2. The van der Waals surface area contributed by atoms with E-state index in [1.807, 2.05) is 36.6 Å². The SMILES string of the molecule is CCc1cc(C(=O)N2CCCN(CC(=O)N(CC)CC)CC2)n[nH]1. The van der Waals surface area contributed by atoms with E-state index in [0.29, 0.717) is 25.3 Å². The zero-order chi connectivity index (χ0) is 17.5. The highest BCUT2D eigenvalue weighted by atomic mass is 16.2. The van der Waals surface area contributed by atoms with E-state index >= 15 is 0 Å². The van der Waals surface area contributed by atoms with Gasteiger partial charge < -0.3 is 9.80 Å². The molecule has 1 N–H and O–H groups in total. The first-order valence-corrected chi connectivity index (χ1v) is 8.92. The van der Waals surface area contributed by atoms with Gasteiger partial charge in [-0.3, -0.25) is 19.6 Å². The maximum atomic E-state index is 12.6. The summed E-state index contributed by atoms with van der Waals surface area (Å²) in [5, 5.41) is 7.01. The lowest BCUT2D eigenvalue weighted by Gasteiger charge is -2.25. The number of aromatic nitrogens is 2. The Labute approximate surface area is 144 Å². The van der Waals surface area contributed by atoms with Crippen LogP contribution in [-0.2, 0) is 11.2 Å². The van der Waals surface area contributed by atoms with Gasteiger partial charge in [0.15, 0.2) is 0 Å². The van der Waals surface area contributed by atoms with Gasteiger partial charge in [0.2, 0.25) is 5.91 Å². The number of likely N-dealkylation sites (N-methyl/N-ethyl adjacent to an activating group) is 1. The van der Waals surface area contributed by atoms with Crippen molar-refractivity contribution in [1.29, 1.82) is 0 Å². The minimum atomic E-state index is -0.0251. The number of amides is 2. The fourth-order valence-corrected chi connectivity index (χ4v) is 3.01. The molecule has 0 atom stereocenters. The predicted molar refractivity (Wildman–Crippen MR) is 92.9 cm³/mol. The molecule has 2 rings (SSSR count). The zero-order valence-electron chi connectivity index (χ0n) is 15.0. The van der Waals surface area contributed by atoms with Crippen LogP contribution >= 0.6 is 0 Å². The Morgan fingerprint density at radius 1 is 1.17 bits per heavy atom. The van der Waals surface area contributed by atoms with E-state index in [1.54, 1.807) is 0 Å². The molecule has 24 heavy (non-hydrogen) atoms. The van der Waals surface area contributed by atoms with Gasteiger partial charge in [0.25, 0.3) is 5.91 Å². The second-order valence-corrected chi connectivity index (χ2v) is 6.12. The second-order valence-electron chi connectivity index (χ2n) is 6.12. The lowest BCUT2D eigenvalue weighted by Crippen LogP contribution is -2.42. The van der Waals surface area contributed by atoms with Crippen molar-refractivity contribution in [2.75, 3.05) is 45.8 Å². The van der Waals surface area contributed by atoms with E-state index in [0.717, 1.165) is 44.7 Å². The third-order valence-electron chi connectivity index (χ3n) is 4.58. The van der Waals surface area contributed by atoms with Crippen molar-refractivity contribution in [3.8, 4) is 0 Å². The van der Waals surface area contributed by atoms with Crippen molar-refractivity contribution in [1.82, 2.24) is 24.9 Å². The molecule has 7 heteroatoms. The molecular weight excluding hydrogens is 306 g/mol. The molecule has 1 aromatic rings. The van der Waals surface area contributed by atoms with Gasteiger partial charge in [-0.2, -0.15) is 5.10 Å². The van der Waals surface area contributed by atoms with Crippen molar-refractivity contribution >= 4 is 11.8 Å². The first kappa shape index (κ1) is 18.4. The summed E-state index contributed by atoms with van der Waals surface area (Å²) in [5.41, 5.74) is 1.46. The quantitative estimate of drug-likeness (QED) is 0.841. The van der Waals surface area contributed by atoms with Crippen LogP contribution in [0, 0.1) is 0 Å². The van der Waals surface area contributed by atoms with Crippen molar-refractivity contribution in [3.63, 3.8) is 0 Å². The molecule has 134 valence electrons. The molecule has 1 aliphatic heterocycles. The van der Waals surface area contributed by atoms with Crippen LogP contribution in [0.15, 0.2) is 6.07 Å². The molecule has 0 spiro atoms. The lowest BCUT2D eigenvalue weighted by atomic mass is 10.2. The first-order valence-electron chi connectivity index (χ1n) is 8.92. The molecule has 1 aromatic heterocycles. The van der Waals surface area contributed by atoms with E-state index in [2.05, 4.69) is 15.1 Å². The Morgan fingerprint density at radius 2 is 1.92 bits per heavy atom. The summed E-state index contributed by atoms with van der Waals surface area (Å²) in [5.74, 6) is 0.141. The molecule has 1 saturated heterocycles. The molecule has 2 amide bonds. The summed E-state index contributed by atoms with van der Waals surface area (Å²) < 4.78 is 0. The van der Waals surface area contributed by atoms with E-state index in [-0.39, 0.29) is 11.8 Å². The summed E-state index contributed by atoms with van der Waals surface area (Å²) >= 11 is 0. The average molecular weight is 335 g/mol. The summed E-state index contributed by atoms with van der Waals surface area (Å²) in [6.07, 6.45) is 1.71. The zero-order valence-corrected chi connectivity index (χ0v) is 15.0. The van der Waals surface area contributed by atoms with Gasteiger partial charge >= 0.3 is 0 Å². The molecule has 7 nitrogen and oxygen atoms in total. The topological polar surface area (TPSA) is 72.5 Å². The van der Waals surface area contributed by atoms with E-state index in [4.69, 9.17) is 0 Å². The molecule has 1 fully saturated rings. The van der Waals surface area contributed by atoms with E-state index < -0.39 is 0 Å². The summed E-state index contributed by atoms with van der Waals surface area (Å²) in [6, 6.07) is 1.83. The van der Waals surface area contributed by atoms with Gasteiger partial charge in [-0.15, -0.1) is 0 Å². The lowest BCUT2D eigenvalue weighted by molar-refractivity contribution is -0.132. The Bertz CT molecular complexity index is 553. The minimum Gasteiger partial charge on any atom is -0.342 e. The highest BCUT2D eigenvalue weighted by Gasteiger charge is 2.23. The van der Waals surface area contributed by atoms with Crippen LogP contribution in [0.3, 0.4) is 0 Å². The van der Waals surface area contributed by atoms with Gasteiger partial charge in [0, 0.05) is 45.0 Å². The maximum absolute atomic E-state index is 12.6. The standard InChI is InChI=1S/C17H29N5O2/c1-4-14-12-15(19-18-14)17(24)22-9-7-8-20(10-11-22)13-16(23)21(5-2)6-3/h12H,4-11,13H2,1-3H3,(H,18,19).